The van der Waals surface area contributed by atoms with Crippen molar-refractivity contribution in [2.24, 2.45) is 5.92 Å². The number of Topliss-reactive ketones (excluding diaryl/α,β-unsaturated/α-hetero) is 1. The molecule has 0 saturated carbocycles. The third-order valence-corrected chi connectivity index (χ3v) is 5.57. The van der Waals surface area contributed by atoms with Gasteiger partial charge in [-0.3, -0.25) is 9.59 Å². The first-order valence-electron chi connectivity index (χ1n) is 9.94. The molecule has 0 aliphatic carbocycles. The summed E-state index contributed by atoms with van der Waals surface area (Å²) in [5, 5.41) is 2.91. The fourth-order valence-electron chi connectivity index (χ4n) is 3.90. The van der Waals surface area contributed by atoms with Gasteiger partial charge in [-0.05, 0) is 38.0 Å². The van der Waals surface area contributed by atoms with E-state index in [9.17, 15) is 9.59 Å². The molecule has 0 spiro atoms. The number of rotatable bonds is 4. The Bertz CT molecular complexity index is 1100. The zero-order valence-corrected chi connectivity index (χ0v) is 16.5. The molecule has 2 aliphatic heterocycles. The van der Waals surface area contributed by atoms with Crippen LogP contribution in [-0.4, -0.2) is 36.6 Å². The number of aromatic nitrogens is 1. The van der Waals surface area contributed by atoms with Crippen LogP contribution < -0.4 is 19.7 Å². The van der Waals surface area contributed by atoms with E-state index in [2.05, 4.69) is 15.2 Å². The second-order valence-electron chi connectivity index (χ2n) is 7.52. The van der Waals surface area contributed by atoms with Gasteiger partial charge in [0.2, 0.25) is 12.7 Å². The molecule has 0 atom stereocenters. The van der Waals surface area contributed by atoms with E-state index in [1.807, 2.05) is 24.3 Å². The van der Waals surface area contributed by atoms with Crippen molar-refractivity contribution in [1.29, 1.82) is 0 Å². The minimum absolute atomic E-state index is 0.103. The smallest absolute Gasteiger partial charge is 0.298 e. The largest absolute Gasteiger partial charge is 0.454 e. The van der Waals surface area contributed by atoms with Gasteiger partial charge in [0.15, 0.2) is 22.9 Å². The Hall–Kier alpha value is -3.55. The first kappa shape index (κ1) is 18.5. The Kier molecular flexibility index (Phi) is 4.54. The van der Waals surface area contributed by atoms with Crippen LogP contribution in [0, 0.1) is 5.92 Å². The number of amides is 1. The van der Waals surface area contributed by atoms with E-state index in [1.165, 1.54) is 6.92 Å². The molecule has 1 N–H and O–H groups in total. The van der Waals surface area contributed by atoms with E-state index < -0.39 is 0 Å². The maximum absolute atomic E-state index is 12.9. The number of benzene rings is 2. The quantitative estimate of drug-likeness (QED) is 0.660. The Morgan fingerprint density at radius 3 is 2.57 bits per heavy atom. The van der Waals surface area contributed by atoms with Gasteiger partial charge in [0.1, 0.15) is 5.52 Å². The van der Waals surface area contributed by atoms with Gasteiger partial charge in [0, 0.05) is 30.6 Å². The zero-order chi connectivity index (χ0) is 20.7. The molecule has 8 heteroatoms. The molecule has 8 nitrogen and oxygen atoms in total. The lowest BCUT2D eigenvalue weighted by Crippen LogP contribution is -2.38. The summed E-state index contributed by atoms with van der Waals surface area (Å²) in [6, 6.07) is 11.5. The average molecular weight is 407 g/mol. The normalized spacial score (nSPS) is 16.1. The van der Waals surface area contributed by atoms with Crippen molar-refractivity contribution >= 4 is 34.5 Å². The van der Waals surface area contributed by atoms with E-state index in [0.29, 0.717) is 54.7 Å². The van der Waals surface area contributed by atoms with Crippen molar-refractivity contribution in [3.8, 4) is 11.5 Å². The molecule has 3 aromatic rings. The standard InChI is InChI=1S/C22H21N3O5/c1-13(26)15-10-19-20(29-12-28-19)11-17(15)23-21(27)14-6-8-25(9-7-14)22-24-16-4-2-3-5-18(16)30-22/h2-5,10-11,14H,6-9,12H2,1H3,(H,23,27). The highest BCUT2D eigenvalue weighted by atomic mass is 16.7. The summed E-state index contributed by atoms with van der Waals surface area (Å²) in [5.41, 5.74) is 2.45. The summed E-state index contributed by atoms with van der Waals surface area (Å²) in [6.07, 6.45) is 1.34. The van der Waals surface area contributed by atoms with Crippen LogP contribution in [0.2, 0.25) is 0 Å². The summed E-state index contributed by atoms with van der Waals surface area (Å²) in [6.45, 7) is 2.92. The SMILES string of the molecule is CC(=O)c1cc2c(cc1NC(=O)C1CCN(c3nc4ccccc4o3)CC1)OCO2. The van der Waals surface area contributed by atoms with Gasteiger partial charge in [-0.2, -0.15) is 4.98 Å². The number of piperidine rings is 1. The monoisotopic (exact) mass is 407 g/mol. The fraction of sp³-hybridized carbons (Fsp3) is 0.318. The van der Waals surface area contributed by atoms with Crippen LogP contribution >= 0.6 is 0 Å². The maximum atomic E-state index is 12.9. The second kappa shape index (κ2) is 7.37. The van der Waals surface area contributed by atoms with Crippen LogP contribution in [0.25, 0.3) is 11.1 Å². The summed E-state index contributed by atoms with van der Waals surface area (Å²) in [5.74, 6) is 0.643. The zero-order valence-electron chi connectivity index (χ0n) is 16.5. The van der Waals surface area contributed by atoms with E-state index in [-0.39, 0.29) is 24.4 Å². The number of carbonyl (C=O) groups excluding carboxylic acids is 2. The highest BCUT2D eigenvalue weighted by Crippen LogP contribution is 2.37. The third-order valence-electron chi connectivity index (χ3n) is 5.57. The summed E-state index contributed by atoms with van der Waals surface area (Å²) >= 11 is 0. The van der Waals surface area contributed by atoms with Crippen molar-refractivity contribution in [3.63, 3.8) is 0 Å². The van der Waals surface area contributed by atoms with Crippen molar-refractivity contribution in [1.82, 2.24) is 4.98 Å². The molecular formula is C22H21N3O5. The minimum Gasteiger partial charge on any atom is -0.454 e. The molecular weight excluding hydrogens is 386 g/mol. The molecule has 1 fully saturated rings. The minimum atomic E-state index is -0.157. The second-order valence-corrected chi connectivity index (χ2v) is 7.52. The molecule has 2 aromatic carbocycles. The van der Waals surface area contributed by atoms with Crippen molar-refractivity contribution in [2.45, 2.75) is 19.8 Å². The van der Waals surface area contributed by atoms with Crippen molar-refractivity contribution < 1.29 is 23.5 Å². The number of para-hydroxylation sites is 2. The molecule has 30 heavy (non-hydrogen) atoms. The molecule has 0 unspecified atom stereocenters. The lowest BCUT2D eigenvalue weighted by Gasteiger charge is -2.30. The number of nitrogens with zero attached hydrogens (tertiary/aromatic N) is 2. The average Bonchev–Trinajstić information content (AvgIpc) is 3.39. The Morgan fingerprint density at radius 1 is 1.10 bits per heavy atom. The van der Waals surface area contributed by atoms with Crippen molar-refractivity contribution in [3.05, 3.63) is 42.0 Å². The first-order valence-corrected chi connectivity index (χ1v) is 9.94. The number of ketones is 1. The van der Waals surface area contributed by atoms with Gasteiger partial charge >= 0.3 is 0 Å². The fourth-order valence-corrected chi connectivity index (χ4v) is 3.90. The number of oxazole rings is 1. The highest BCUT2D eigenvalue weighted by molar-refractivity contribution is 6.05. The Balaban J connectivity index is 1.27. The maximum Gasteiger partial charge on any atom is 0.298 e. The Labute approximate surface area is 172 Å². The molecule has 1 saturated heterocycles. The number of hydrogen-bond donors (Lipinski definition) is 1. The molecule has 0 bridgehead atoms. The number of fused-ring (bicyclic) bond motifs is 2. The molecule has 3 heterocycles. The number of nitrogens with one attached hydrogen (secondary N) is 1. The number of hydrogen-bond acceptors (Lipinski definition) is 7. The van der Waals surface area contributed by atoms with E-state index >= 15 is 0 Å². The van der Waals surface area contributed by atoms with Gasteiger partial charge < -0.3 is 24.1 Å². The predicted molar refractivity (Wildman–Crippen MR) is 110 cm³/mol. The summed E-state index contributed by atoms with van der Waals surface area (Å²) < 4.78 is 16.5. The summed E-state index contributed by atoms with van der Waals surface area (Å²) in [7, 11) is 0. The number of ether oxygens (including phenoxy) is 2. The van der Waals surface area contributed by atoms with Gasteiger partial charge in [-0.1, -0.05) is 12.1 Å². The van der Waals surface area contributed by atoms with Crippen molar-refractivity contribution in [2.75, 3.05) is 30.1 Å². The number of carbonyl (C=O) groups is 2. The van der Waals surface area contributed by atoms with Crippen LogP contribution in [0.1, 0.15) is 30.1 Å². The van der Waals surface area contributed by atoms with Gasteiger partial charge in [0.05, 0.1) is 5.69 Å². The Morgan fingerprint density at radius 2 is 1.83 bits per heavy atom. The molecule has 154 valence electrons. The first-order chi connectivity index (χ1) is 14.6. The van der Waals surface area contributed by atoms with E-state index in [1.54, 1.807) is 12.1 Å². The molecule has 0 radical (unpaired) electrons. The predicted octanol–water partition coefficient (Wildman–Crippen LogP) is 3.61. The van der Waals surface area contributed by atoms with Crippen LogP contribution in [0.4, 0.5) is 11.7 Å². The lowest BCUT2D eigenvalue weighted by atomic mass is 9.95. The lowest BCUT2D eigenvalue weighted by molar-refractivity contribution is -0.120. The van der Waals surface area contributed by atoms with Crippen LogP contribution in [0.3, 0.4) is 0 Å². The van der Waals surface area contributed by atoms with Gasteiger partial charge in [-0.15, -0.1) is 0 Å². The van der Waals surface area contributed by atoms with Gasteiger partial charge in [0.25, 0.3) is 6.01 Å². The van der Waals surface area contributed by atoms with Crippen LogP contribution in [-0.2, 0) is 4.79 Å². The molecule has 1 aromatic heterocycles. The van der Waals surface area contributed by atoms with Crippen LogP contribution in [0.15, 0.2) is 40.8 Å². The summed E-state index contributed by atoms with van der Waals surface area (Å²) in [4.78, 5) is 31.5. The highest BCUT2D eigenvalue weighted by Gasteiger charge is 2.28. The van der Waals surface area contributed by atoms with E-state index in [4.69, 9.17) is 13.9 Å². The number of anilines is 2. The third kappa shape index (κ3) is 3.34. The van der Waals surface area contributed by atoms with Crippen LogP contribution in [0.5, 0.6) is 11.5 Å². The molecule has 2 aliphatic rings. The van der Waals surface area contributed by atoms with E-state index in [0.717, 1.165) is 11.1 Å². The van der Waals surface area contributed by atoms with Gasteiger partial charge in [-0.25, -0.2) is 0 Å². The topological polar surface area (TPSA) is 93.9 Å². The molecule has 1 amide bonds. The molecule has 5 rings (SSSR count).